The van der Waals surface area contributed by atoms with E-state index in [4.69, 9.17) is 0 Å². The maximum atomic E-state index is 3.40. The van der Waals surface area contributed by atoms with E-state index in [9.17, 15) is 0 Å². The van der Waals surface area contributed by atoms with Gasteiger partial charge in [-0.25, -0.2) is 0 Å². The van der Waals surface area contributed by atoms with E-state index in [1.165, 1.54) is 25.1 Å². The van der Waals surface area contributed by atoms with Crippen molar-refractivity contribution in [1.29, 1.82) is 0 Å². The molecule has 1 N–H and O–H groups in total. The number of nitrogens with zero attached hydrogens (tertiary/aromatic N) is 2. The van der Waals surface area contributed by atoms with Crippen LogP contribution in [0.3, 0.4) is 0 Å². The maximum Gasteiger partial charge on any atom is 0.0361 e. The number of piperazine rings is 1. The largest absolute Gasteiger partial charge is 0.357 e. The van der Waals surface area contributed by atoms with E-state index < -0.39 is 0 Å². The maximum absolute atomic E-state index is 3.40. The SMILES string of the molecule is CCC(c1ccn(C)c1)N1CCNCC1. The van der Waals surface area contributed by atoms with Gasteiger partial charge in [-0.15, -0.1) is 0 Å². The van der Waals surface area contributed by atoms with E-state index in [1.54, 1.807) is 0 Å². The van der Waals surface area contributed by atoms with Crippen LogP contribution in [0.5, 0.6) is 0 Å². The highest BCUT2D eigenvalue weighted by Gasteiger charge is 2.20. The molecule has 0 saturated carbocycles. The number of aryl methyl sites for hydroxylation is 1. The smallest absolute Gasteiger partial charge is 0.0361 e. The van der Waals surface area contributed by atoms with Crippen LogP contribution in [0.25, 0.3) is 0 Å². The van der Waals surface area contributed by atoms with E-state index in [-0.39, 0.29) is 0 Å². The number of rotatable bonds is 3. The fourth-order valence-electron chi connectivity index (χ4n) is 2.42. The summed E-state index contributed by atoms with van der Waals surface area (Å²) in [6, 6.07) is 2.85. The van der Waals surface area contributed by atoms with Gasteiger partial charge in [-0.2, -0.15) is 0 Å². The first-order valence-corrected chi connectivity index (χ1v) is 5.88. The van der Waals surface area contributed by atoms with Crippen LogP contribution in [-0.2, 0) is 7.05 Å². The molecule has 0 bridgehead atoms. The fourth-order valence-corrected chi connectivity index (χ4v) is 2.42. The van der Waals surface area contributed by atoms with Crippen molar-refractivity contribution >= 4 is 0 Å². The van der Waals surface area contributed by atoms with Gasteiger partial charge in [0.25, 0.3) is 0 Å². The van der Waals surface area contributed by atoms with Crippen molar-refractivity contribution in [3.63, 3.8) is 0 Å². The second-order valence-electron chi connectivity index (χ2n) is 4.32. The summed E-state index contributed by atoms with van der Waals surface area (Å²) in [6.45, 7) is 6.88. The average molecular weight is 207 g/mol. The van der Waals surface area contributed by atoms with Gasteiger partial charge in [0.15, 0.2) is 0 Å². The molecule has 2 heterocycles. The lowest BCUT2D eigenvalue weighted by atomic mass is 10.1. The lowest BCUT2D eigenvalue weighted by Gasteiger charge is -2.34. The van der Waals surface area contributed by atoms with E-state index in [0.29, 0.717) is 6.04 Å². The van der Waals surface area contributed by atoms with Crippen molar-refractivity contribution in [2.24, 2.45) is 7.05 Å². The minimum Gasteiger partial charge on any atom is -0.357 e. The fraction of sp³-hybridized carbons (Fsp3) is 0.667. The Hall–Kier alpha value is -0.800. The zero-order chi connectivity index (χ0) is 10.7. The van der Waals surface area contributed by atoms with Gasteiger partial charge in [-0.3, -0.25) is 4.90 Å². The van der Waals surface area contributed by atoms with Crippen LogP contribution in [0, 0.1) is 0 Å². The third-order valence-corrected chi connectivity index (χ3v) is 3.22. The summed E-state index contributed by atoms with van der Waals surface area (Å²) in [5, 5.41) is 3.40. The summed E-state index contributed by atoms with van der Waals surface area (Å²) < 4.78 is 2.14. The number of nitrogens with one attached hydrogen (secondary N) is 1. The Labute approximate surface area is 92.1 Å². The molecule has 1 aliphatic heterocycles. The monoisotopic (exact) mass is 207 g/mol. The molecule has 2 rings (SSSR count). The van der Waals surface area contributed by atoms with Crippen LogP contribution in [-0.4, -0.2) is 35.6 Å². The highest BCUT2D eigenvalue weighted by Crippen LogP contribution is 2.24. The second kappa shape index (κ2) is 4.81. The van der Waals surface area contributed by atoms with Crippen LogP contribution in [0.4, 0.5) is 0 Å². The first-order valence-electron chi connectivity index (χ1n) is 5.88. The van der Waals surface area contributed by atoms with Crippen LogP contribution in [0.2, 0.25) is 0 Å². The summed E-state index contributed by atoms with van der Waals surface area (Å²) >= 11 is 0. The lowest BCUT2D eigenvalue weighted by Crippen LogP contribution is -2.44. The highest BCUT2D eigenvalue weighted by molar-refractivity contribution is 5.15. The lowest BCUT2D eigenvalue weighted by molar-refractivity contribution is 0.169. The van der Waals surface area contributed by atoms with Crippen LogP contribution in [0.15, 0.2) is 18.5 Å². The molecule has 1 aliphatic rings. The van der Waals surface area contributed by atoms with Crippen molar-refractivity contribution in [2.45, 2.75) is 19.4 Å². The molecule has 0 radical (unpaired) electrons. The van der Waals surface area contributed by atoms with Crippen LogP contribution in [0.1, 0.15) is 24.9 Å². The van der Waals surface area contributed by atoms with Gasteiger partial charge in [0.2, 0.25) is 0 Å². The molecular weight excluding hydrogens is 186 g/mol. The molecule has 1 atom stereocenters. The normalized spacial score (nSPS) is 20.4. The van der Waals surface area contributed by atoms with Gasteiger partial charge in [0, 0.05) is 51.7 Å². The molecule has 0 aliphatic carbocycles. The number of hydrogen-bond acceptors (Lipinski definition) is 2. The van der Waals surface area contributed by atoms with E-state index in [0.717, 1.165) is 13.1 Å². The molecule has 1 saturated heterocycles. The Kier molecular flexibility index (Phi) is 3.44. The zero-order valence-electron chi connectivity index (χ0n) is 9.74. The number of hydrogen-bond donors (Lipinski definition) is 1. The second-order valence-corrected chi connectivity index (χ2v) is 4.32. The van der Waals surface area contributed by atoms with Gasteiger partial charge >= 0.3 is 0 Å². The highest BCUT2D eigenvalue weighted by atomic mass is 15.2. The quantitative estimate of drug-likeness (QED) is 0.808. The summed E-state index contributed by atoms with van der Waals surface area (Å²) in [6.07, 6.45) is 5.58. The molecular formula is C12H21N3. The predicted octanol–water partition coefficient (Wildman–Crippen LogP) is 1.38. The van der Waals surface area contributed by atoms with Crippen molar-refractivity contribution in [3.8, 4) is 0 Å². The topological polar surface area (TPSA) is 20.2 Å². The van der Waals surface area contributed by atoms with Gasteiger partial charge in [0.05, 0.1) is 0 Å². The molecule has 15 heavy (non-hydrogen) atoms. The third kappa shape index (κ3) is 2.41. The van der Waals surface area contributed by atoms with Crippen LogP contribution < -0.4 is 5.32 Å². The van der Waals surface area contributed by atoms with Gasteiger partial charge < -0.3 is 9.88 Å². The molecule has 3 nitrogen and oxygen atoms in total. The summed E-state index contributed by atoms with van der Waals surface area (Å²) in [4.78, 5) is 2.59. The number of aromatic nitrogens is 1. The van der Waals surface area contributed by atoms with Crippen molar-refractivity contribution < 1.29 is 0 Å². The summed E-state index contributed by atoms with van der Waals surface area (Å²) in [5.74, 6) is 0. The van der Waals surface area contributed by atoms with Gasteiger partial charge in [0.1, 0.15) is 0 Å². The predicted molar refractivity (Wildman–Crippen MR) is 62.9 cm³/mol. The Morgan fingerprint density at radius 2 is 2.13 bits per heavy atom. The molecule has 3 heteroatoms. The molecule has 1 aromatic rings. The van der Waals surface area contributed by atoms with Crippen LogP contribution >= 0.6 is 0 Å². The zero-order valence-corrected chi connectivity index (χ0v) is 9.74. The van der Waals surface area contributed by atoms with E-state index in [2.05, 4.69) is 47.2 Å². The Balaban J connectivity index is 2.08. The molecule has 0 amide bonds. The van der Waals surface area contributed by atoms with Gasteiger partial charge in [-0.05, 0) is 18.1 Å². The Morgan fingerprint density at radius 3 is 2.67 bits per heavy atom. The van der Waals surface area contributed by atoms with Crippen molar-refractivity contribution in [2.75, 3.05) is 26.2 Å². The molecule has 1 aromatic heterocycles. The summed E-state index contributed by atoms with van der Waals surface area (Å²) in [5.41, 5.74) is 1.46. The standard InChI is InChI=1S/C12H21N3/c1-3-12(11-4-7-14(2)10-11)15-8-5-13-6-9-15/h4,7,10,12-13H,3,5-6,8-9H2,1-2H3. The van der Waals surface area contributed by atoms with Crippen molar-refractivity contribution in [1.82, 2.24) is 14.8 Å². The molecule has 0 aromatic carbocycles. The first-order chi connectivity index (χ1) is 7.31. The van der Waals surface area contributed by atoms with Gasteiger partial charge in [-0.1, -0.05) is 6.92 Å². The molecule has 0 spiro atoms. The van der Waals surface area contributed by atoms with E-state index in [1.807, 2.05) is 0 Å². The molecule has 84 valence electrons. The first kappa shape index (κ1) is 10.7. The van der Waals surface area contributed by atoms with Crippen molar-refractivity contribution in [3.05, 3.63) is 24.0 Å². The minimum absolute atomic E-state index is 0.605. The summed E-state index contributed by atoms with van der Waals surface area (Å²) in [7, 11) is 2.09. The minimum atomic E-state index is 0.605. The van der Waals surface area contributed by atoms with E-state index >= 15 is 0 Å². The molecule has 1 unspecified atom stereocenters. The molecule has 1 fully saturated rings. The Bertz CT molecular complexity index is 300. The average Bonchev–Trinajstić information content (AvgIpc) is 2.68. The third-order valence-electron chi connectivity index (χ3n) is 3.22. The Morgan fingerprint density at radius 1 is 1.40 bits per heavy atom.